The Morgan fingerprint density at radius 1 is 1.44 bits per heavy atom. The number of hydrogen-bond acceptors (Lipinski definition) is 3. The number of imidazole rings is 1. The van der Waals surface area contributed by atoms with Crippen LogP contribution in [0.3, 0.4) is 0 Å². The van der Waals surface area contributed by atoms with E-state index >= 15 is 0 Å². The minimum absolute atomic E-state index is 0.0281. The number of pyridine rings is 1. The fraction of sp³-hybridized carbons (Fsp3) is 0.300. The SMILES string of the molecule is O=S1(=O)CCc2c(nc3c(Cl)cccn23)C1. The summed E-state index contributed by atoms with van der Waals surface area (Å²) >= 11 is 6.01. The summed E-state index contributed by atoms with van der Waals surface area (Å²) in [6.45, 7) is 0. The van der Waals surface area contributed by atoms with Gasteiger partial charge >= 0.3 is 0 Å². The van der Waals surface area contributed by atoms with Crippen molar-refractivity contribution >= 4 is 27.1 Å². The second-order valence-electron chi connectivity index (χ2n) is 3.90. The first kappa shape index (κ1) is 10.1. The molecule has 3 rings (SSSR count). The lowest BCUT2D eigenvalue weighted by Crippen LogP contribution is -2.19. The molecule has 1 aliphatic heterocycles. The van der Waals surface area contributed by atoms with Crippen molar-refractivity contribution in [3.63, 3.8) is 0 Å². The van der Waals surface area contributed by atoms with Gasteiger partial charge in [-0.25, -0.2) is 13.4 Å². The molecular formula is C10H9ClN2O2S. The molecule has 0 saturated carbocycles. The van der Waals surface area contributed by atoms with Gasteiger partial charge in [0.15, 0.2) is 15.5 Å². The van der Waals surface area contributed by atoms with Crippen molar-refractivity contribution in [1.29, 1.82) is 0 Å². The van der Waals surface area contributed by atoms with Gasteiger partial charge in [-0.1, -0.05) is 11.6 Å². The lowest BCUT2D eigenvalue weighted by atomic mass is 10.3. The highest BCUT2D eigenvalue weighted by molar-refractivity contribution is 7.90. The van der Waals surface area contributed by atoms with Gasteiger partial charge in [-0.3, -0.25) is 0 Å². The fourth-order valence-corrected chi connectivity index (χ4v) is 3.55. The zero-order valence-corrected chi connectivity index (χ0v) is 9.92. The van der Waals surface area contributed by atoms with E-state index in [1.54, 1.807) is 6.07 Å². The molecule has 0 bridgehead atoms. The average molecular weight is 257 g/mol. The quantitative estimate of drug-likeness (QED) is 0.717. The fourth-order valence-electron chi connectivity index (χ4n) is 2.04. The summed E-state index contributed by atoms with van der Waals surface area (Å²) in [4.78, 5) is 4.30. The highest BCUT2D eigenvalue weighted by Crippen LogP contribution is 2.25. The molecule has 2 aromatic rings. The lowest BCUT2D eigenvalue weighted by Gasteiger charge is -2.11. The highest BCUT2D eigenvalue weighted by Gasteiger charge is 2.26. The van der Waals surface area contributed by atoms with Crippen LogP contribution >= 0.6 is 11.6 Å². The molecule has 0 aromatic carbocycles. The van der Waals surface area contributed by atoms with E-state index in [0.29, 0.717) is 22.8 Å². The van der Waals surface area contributed by atoms with Gasteiger partial charge in [0.25, 0.3) is 0 Å². The number of sulfone groups is 1. The summed E-state index contributed by atoms with van der Waals surface area (Å²) in [6, 6.07) is 3.59. The maximum atomic E-state index is 11.5. The molecule has 6 heteroatoms. The van der Waals surface area contributed by atoms with Crippen molar-refractivity contribution in [3.8, 4) is 0 Å². The Morgan fingerprint density at radius 2 is 2.25 bits per heavy atom. The van der Waals surface area contributed by atoms with E-state index in [2.05, 4.69) is 4.98 Å². The topological polar surface area (TPSA) is 51.4 Å². The first-order valence-corrected chi connectivity index (χ1v) is 7.11. The normalized spacial score (nSPS) is 18.6. The van der Waals surface area contributed by atoms with E-state index in [-0.39, 0.29) is 11.5 Å². The van der Waals surface area contributed by atoms with Crippen LogP contribution in [0.5, 0.6) is 0 Å². The monoisotopic (exact) mass is 256 g/mol. The van der Waals surface area contributed by atoms with Crippen LogP contribution in [-0.2, 0) is 22.0 Å². The second-order valence-corrected chi connectivity index (χ2v) is 6.49. The minimum Gasteiger partial charge on any atom is -0.302 e. The van der Waals surface area contributed by atoms with Crippen molar-refractivity contribution < 1.29 is 8.42 Å². The molecule has 0 spiro atoms. The predicted octanol–water partition coefficient (Wildman–Crippen LogP) is 1.46. The maximum Gasteiger partial charge on any atom is 0.156 e. The summed E-state index contributed by atoms with van der Waals surface area (Å²) in [5, 5.41) is 0.550. The van der Waals surface area contributed by atoms with E-state index in [1.165, 1.54) is 0 Å². The number of aromatic nitrogens is 2. The standard InChI is InChI=1S/C10H9ClN2O2S/c11-7-2-1-4-13-9-3-5-16(14,15)6-8(9)12-10(7)13/h1-2,4H,3,5-6H2. The number of aryl methyl sites for hydroxylation is 1. The van der Waals surface area contributed by atoms with Gasteiger partial charge in [-0.05, 0) is 12.1 Å². The van der Waals surface area contributed by atoms with Gasteiger partial charge in [0.1, 0.15) is 0 Å². The molecule has 3 heterocycles. The molecule has 0 fully saturated rings. The van der Waals surface area contributed by atoms with Crippen LogP contribution in [0.2, 0.25) is 5.02 Å². The maximum absolute atomic E-state index is 11.5. The zero-order valence-electron chi connectivity index (χ0n) is 8.35. The predicted molar refractivity (Wildman–Crippen MR) is 61.4 cm³/mol. The Labute approximate surface area is 97.8 Å². The summed E-state index contributed by atoms with van der Waals surface area (Å²) in [7, 11) is -2.98. The Morgan fingerprint density at radius 3 is 3.06 bits per heavy atom. The summed E-state index contributed by atoms with van der Waals surface area (Å²) in [5.41, 5.74) is 2.25. The smallest absolute Gasteiger partial charge is 0.156 e. The molecule has 0 saturated heterocycles. The van der Waals surface area contributed by atoms with Crippen molar-refractivity contribution in [2.45, 2.75) is 12.2 Å². The highest BCUT2D eigenvalue weighted by atomic mass is 35.5. The van der Waals surface area contributed by atoms with Crippen molar-refractivity contribution in [2.75, 3.05) is 5.75 Å². The number of rotatable bonds is 0. The van der Waals surface area contributed by atoms with E-state index < -0.39 is 9.84 Å². The molecule has 0 aliphatic carbocycles. The molecule has 84 valence electrons. The molecule has 0 N–H and O–H groups in total. The number of halogens is 1. The molecule has 0 radical (unpaired) electrons. The largest absolute Gasteiger partial charge is 0.302 e. The van der Waals surface area contributed by atoms with E-state index in [4.69, 9.17) is 11.6 Å². The minimum atomic E-state index is -2.98. The molecule has 4 nitrogen and oxygen atoms in total. The van der Waals surface area contributed by atoms with Crippen LogP contribution in [0.4, 0.5) is 0 Å². The first-order valence-electron chi connectivity index (χ1n) is 4.91. The Balaban J connectivity index is 2.32. The zero-order chi connectivity index (χ0) is 11.3. The van der Waals surface area contributed by atoms with Crippen LogP contribution in [0.1, 0.15) is 11.4 Å². The Bertz CT molecular complexity index is 675. The third kappa shape index (κ3) is 1.43. The molecule has 0 atom stereocenters. The molecular weight excluding hydrogens is 248 g/mol. The summed E-state index contributed by atoms with van der Waals surface area (Å²) in [6.07, 6.45) is 2.38. The third-order valence-electron chi connectivity index (χ3n) is 2.79. The third-order valence-corrected chi connectivity index (χ3v) is 4.63. The van der Waals surface area contributed by atoms with Gasteiger partial charge in [0, 0.05) is 18.3 Å². The molecule has 1 aliphatic rings. The van der Waals surface area contributed by atoms with E-state index in [9.17, 15) is 8.42 Å². The average Bonchev–Trinajstić information content (AvgIpc) is 2.55. The second kappa shape index (κ2) is 3.21. The van der Waals surface area contributed by atoms with Gasteiger partial charge in [0.05, 0.1) is 22.2 Å². The number of hydrogen-bond donors (Lipinski definition) is 0. The van der Waals surface area contributed by atoms with Crippen molar-refractivity contribution in [1.82, 2.24) is 9.38 Å². The lowest BCUT2D eigenvalue weighted by molar-refractivity contribution is 0.590. The van der Waals surface area contributed by atoms with E-state index in [1.807, 2.05) is 16.7 Å². The van der Waals surface area contributed by atoms with Crippen molar-refractivity contribution in [3.05, 3.63) is 34.7 Å². The van der Waals surface area contributed by atoms with Crippen LogP contribution in [0, 0.1) is 0 Å². The van der Waals surface area contributed by atoms with Gasteiger partial charge < -0.3 is 4.40 Å². The van der Waals surface area contributed by atoms with Gasteiger partial charge in [-0.2, -0.15) is 0 Å². The first-order chi connectivity index (χ1) is 7.57. The summed E-state index contributed by atoms with van der Waals surface area (Å²) < 4.78 is 24.9. The molecule has 2 aromatic heterocycles. The van der Waals surface area contributed by atoms with Gasteiger partial charge in [-0.15, -0.1) is 0 Å². The van der Waals surface area contributed by atoms with Crippen LogP contribution in [0.25, 0.3) is 5.65 Å². The Hall–Kier alpha value is -1.07. The van der Waals surface area contributed by atoms with Gasteiger partial charge in [0.2, 0.25) is 0 Å². The Kier molecular flexibility index (Phi) is 2.03. The number of fused-ring (bicyclic) bond motifs is 3. The van der Waals surface area contributed by atoms with Crippen molar-refractivity contribution in [2.24, 2.45) is 0 Å². The van der Waals surface area contributed by atoms with Crippen LogP contribution in [0.15, 0.2) is 18.3 Å². The molecule has 0 unspecified atom stereocenters. The molecule has 0 amide bonds. The number of nitrogens with zero attached hydrogens (tertiary/aromatic N) is 2. The summed E-state index contributed by atoms with van der Waals surface area (Å²) in [5.74, 6) is 0.223. The molecule has 16 heavy (non-hydrogen) atoms. The van der Waals surface area contributed by atoms with Crippen LogP contribution in [-0.4, -0.2) is 23.6 Å². The van der Waals surface area contributed by atoms with E-state index in [0.717, 1.165) is 5.69 Å². The van der Waals surface area contributed by atoms with Crippen LogP contribution < -0.4 is 0 Å².